The molecule has 1 aliphatic heterocycles. The fraction of sp³-hybridized carbons (Fsp3) is 0.450. The molecule has 1 N–H and O–H groups in total. The van der Waals surface area contributed by atoms with E-state index in [0.717, 1.165) is 12.1 Å². The molecule has 1 aromatic heterocycles. The predicted octanol–water partition coefficient (Wildman–Crippen LogP) is 3.21. The summed E-state index contributed by atoms with van der Waals surface area (Å²) >= 11 is 1.23. The smallest absolute Gasteiger partial charge is 0.252 e. The monoisotopic (exact) mass is 421 g/mol. The predicted molar refractivity (Wildman–Crippen MR) is 113 cm³/mol. The van der Waals surface area contributed by atoms with Crippen molar-refractivity contribution in [1.82, 2.24) is 9.21 Å². The maximum atomic E-state index is 12.6. The molecule has 2 aromatic rings. The van der Waals surface area contributed by atoms with Crippen molar-refractivity contribution in [1.29, 1.82) is 0 Å². The van der Waals surface area contributed by atoms with Crippen molar-refractivity contribution < 1.29 is 13.2 Å². The SMILES string of the molecule is CC[C@@H](C)c1ccc(NC(=O)CN2CCN(S(=O)(=O)c3cccs3)CC2)cc1. The molecule has 1 aliphatic rings. The molecule has 0 bridgehead atoms. The van der Waals surface area contributed by atoms with Gasteiger partial charge in [0.15, 0.2) is 0 Å². The van der Waals surface area contributed by atoms with Crippen LogP contribution >= 0.6 is 11.3 Å². The number of hydrogen-bond acceptors (Lipinski definition) is 5. The number of carbonyl (C=O) groups excluding carboxylic acids is 1. The molecule has 0 saturated carbocycles. The molecule has 1 amide bonds. The Kier molecular flexibility index (Phi) is 6.87. The Bertz CT molecular complexity index is 872. The number of hydrogen-bond donors (Lipinski definition) is 1. The average Bonchev–Trinajstić information content (AvgIpc) is 3.24. The molecule has 2 heterocycles. The molecule has 0 spiro atoms. The lowest BCUT2D eigenvalue weighted by Gasteiger charge is -2.33. The minimum absolute atomic E-state index is 0.0779. The van der Waals surface area contributed by atoms with E-state index in [2.05, 4.69) is 31.3 Å². The minimum atomic E-state index is -3.41. The highest BCUT2D eigenvalue weighted by Crippen LogP contribution is 2.22. The van der Waals surface area contributed by atoms with E-state index in [-0.39, 0.29) is 12.5 Å². The molecule has 0 radical (unpaired) electrons. The van der Waals surface area contributed by atoms with E-state index in [9.17, 15) is 13.2 Å². The van der Waals surface area contributed by atoms with Gasteiger partial charge in [0.05, 0.1) is 6.54 Å². The average molecular weight is 422 g/mol. The lowest BCUT2D eigenvalue weighted by molar-refractivity contribution is -0.117. The van der Waals surface area contributed by atoms with Crippen LogP contribution in [-0.4, -0.2) is 56.3 Å². The zero-order chi connectivity index (χ0) is 20.1. The van der Waals surface area contributed by atoms with Crippen molar-refractivity contribution in [2.45, 2.75) is 30.4 Å². The number of piperazine rings is 1. The zero-order valence-electron chi connectivity index (χ0n) is 16.3. The molecule has 8 heteroatoms. The maximum absolute atomic E-state index is 12.6. The van der Waals surface area contributed by atoms with Crippen LogP contribution in [0.1, 0.15) is 31.7 Å². The third-order valence-corrected chi connectivity index (χ3v) is 8.44. The van der Waals surface area contributed by atoms with Gasteiger partial charge in [-0.2, -0.15) is 4.31 Å². The zero-order valence-corrected chi connectivity index (χ0v) is 17.9. The number of nitrogens with zero attached hydrogens (tertiary/aromatic N) is 2. The van der Waals surface area contributed by atoms with Crippen molar-refractivity contribution in [2.75, 3.05) is 38.0 Å². The van der Waals surface area contributed by atoms with Gasteiger partial charge in [-0.25, -0.2) is 8.42 Å². The van der Waals surface area contributed by atoms with Crippen LogP contribution in [0.5, 0.6) is 0 Å². The van der Waals surface area contributed by atoms with Gasteiger partial charge in [-0.1, -0.05) is 32.0 Å². The number of anilines is 1. The maximum Gasteiger partial charge on any atom is 0.252 e. The summed E-state index contributed by atoms with van der Waals surface area (Å²) in [5.41, 5.74) is 2.06. The van der Waals surface area contributed by atoms with E-state index >= 15 is 0 Å². The first kappa shape index (κ1) is 21.0. The number of thiophene rings is 1. The number of benzene rings is 1. The van der Waals surface area contributed by atoms with Gasteiger partial charge in [-0.05, 0) is 41.5 Å². The molecular weight excluding hydrogens is 394 g/mol. The Labute approximate surface area is 171 Å². The third kappa shape index (κ3) is 5.00. The van der Waals surface area contributed by atoms with Gasteiger partial charge in [0, 0.05) is 31.9 Å². The van der Waals surface area contributed by atoms with Crippen LogP contribution in [0, 0.1) is 0 Å². The molecule has 3 rings (SSSR count). The van der Waals surface area contributed by atoms with E-state index in [1.165, 1.54) is 21.2 Å². The Morgan fingerprint density at radius 1 is 1.14 bits per heavy atom. The van der Waals surface area contributed by atoms with E-state index in [1.807, 2.05) is 17.0 Å². The van der Waals surface area contributed by atoms with Crippen LogP contribution in [-0.2, 0) is 14.8 Å². The Morgan fingerprint density at radius 2 is 1.82 bits per heavy atom. The van der Waals surface area contributed by atoms with Crippen molar-refractivity contribution in [3.8, 4) is 0 Å². The highest BCUT2D eigenvalue weighted by Gasteiger charge is 2.29. The first-order valence-corrected chi connectivity index (χ1v) is 11.9. The van der Waals surface area contributed by atoms with Crippen LogP contribution in [0.25, 0.3) is 0 Å². The molecule has 1 aromatic carbocycles. The molecule has 0 unspecified atom stereocenters. The minimum Gasteiger partial charge on any atom is -0.325 e. The van der Waals surface area contributed by atoms with Crippen molar-refractivity contribution in [3.05, 3.63) is 47.3 Å². The number of sulfonamides is 1. The van der Waals surface area contributed by atoms with Gasteiger partial charge in [0.2, 0.25) is 5.91 Å². The molecule has 0 aliphatic carbocycles. The van der Waals surface area contributed by atoms with Crippen molar-refractivity contribution >= 4 is 33.0 Å². The molecule has 1 atom stereocenters. The summed E-state index contributed by atoms with van der Waals surface area (Å²) in [4.78, 5) is 14.3. The van der Waals surface area contributed by atoms with Gasteiger partial charge >= 0.3 is 0 Å². The fourth-order valence-electron chi connectivity index (χ4n) is 3.20. The fourth-order valence-corrected chi connectivity index (χ4v) is 5.77. The van der Waals surface area contributed by atoms with Crippen molar-refractivity contribution in [3.63, 3.8) is 0 Å². The molecule has 152 valence electrons. The van der Waals surface area contributed by atoms with Crippen LogP contribution in [0.2, 0.25) is 0 Å². The van der Waals surface area contributed by atoms with E-state index in [4.69, 9.17) is 0 Å². The number of nitrogens with one attached hydrogen (secondary N) is 1. The Balaban J connectivity index is 1.49. The van der Waals surface area contributed by atoms with Gasteiger partial charge in [-0.15, -0.1) is 11.3 Å². The second kappa shape index (κ2) is 9.17. The Hall–Kier alpha value is -1.74. The highest BCUT2D eigenvalue weighted by atomic mass is 32.2. The number of carbonyl (C=O) groups is 1. The third-order valence-electron chi connectivity index (χ3n) is 5.16. The van der Waals surface area contributed by atoms with Crippen LogP contribution in [0.15, 0.2) is 46.0 Å². The van der Waals surface area contributed by atoms with Gasteiger partial charge in [0.25, 0.3) is 10.0 Å². The summed E-state index contributed by atoms with van der Waals surface area (Å²) in [6, 6.07) is 11.4. The quantitative estimate of drug-likeness (QED) is 0.745. The second-order valence-electron chi connectivity index (χ2n) is 7.09. The normalized spacial score (nSPS) is 17.4. The van der Waals surface area contributed by atoms with Crippen molar-refractivity contribution in [2.24, 2.45) is 0 Å². The summed E-state index contributed by atoms with van der Waals surface area (Å²) in [6.07, 6.45) is 1.08. The van der Waals surface area contributed by atoms with Crippen LogP contribution < -0.4 is 5.32 Å². The molecular formula is C20H27N3O3S2. The Morgan fingerprint density at radius 3 is 2.39 bits per heavy atom. The first-order chi connectivity index (χ1) is 13.4. The second-order valence-corrected chi connectivity index (χ2v) is 10.2. The summed E-state index contributed by atoms with van der Waals surface area (Å²) in [5, 5.41) is 4.69. The molecule has 6 nitrogen and oxygen atoms in total. The first-order valence-electron chi connectivity index (χ1n) is 9.56. The molecule has 28 heavy (non-hydrogen) atoms. The molecule has 1 fully saturated rings. The highest BCUT2D eigenvalue weighted by molar-refractivity contribution is 7.91. The van der Waals surface area contributed by atoms with Crippen LogP contribution in [0.4, 0.5) is 5.69 Å². The standard InChI is InChI=1S/C20H27N3O3S2/c1-3-16(2)17-6-8-18(9-7-17)21-19(24)15-22-10-12-23(13-11-22)28(25,26)20-5-4-14-27-20/h4-9,14,16H,3,10-13,15H2,1-2H3,(H,21,24)/t16-/m1/s1. The van der Waals surface area contributed by atoms with E-state index in [1.54, 1.807) is 17.5 Å². The topological polar surface area (TPSA) is 69.7 Å². The number of amides is 1. The lowest BCUT2D eigenvalue weighted by atomic mass is 9.99. The van der Waals surface area contributed by atoms with Crippen LogP contribution in [0.3, 0.4) is 0 Å². The lowest BCUT2D eigenvalue weighted by Crippen LogP contribution is -2.50. The van der Waals surface area contributed by atoms with Gasteiger partial charge in [0.1, 0.15) is 4.21 Å². The van der Waals surface area contributed by atoms with E-state index in [0.29, 0.717) is 36.3 Å². The summed E-state index contributed by atoms with van der Waals surface area (Å²) in [6.45, 7) is 6.50. The largest absolute Gasteiger partial charge is 0.325 e. The summed E-state index contributed by atoms with van der Waals surface area (Å²) in [7, 11) is -3.41. The summed E-state index contributed by atoms with van der Waals surface area (Å²) < 4.78 is 27.0. The molecule has 1 saturated heterocycles. The van der Waals surface area contributed by atoms with Gasteiger partial charge in [-0.3, -0.25) is 9.69 Å². The van der Waals surface area contributed by atoms with E-state index < -0.39 is 10.0 Å². The number of rotatable bonds is 7. The summed E-state index contributed by atoms with van der Waals surface area (Å²) in [5.74, 6) is 0.428. The van der Waals surface area contributed by atoms with Gasteiger partial charge < -0.3 is 5.32 Å².